The highest BCUT2D eigenvalue weighted by atomic mass is 16.5. The van der Waals surface area contributed by atoms with Gasteiger partial charge in [-0.05, 0) is 54.2 Å². The van der Waals surface area contributed by atoms with Crippen LogP contribution in [-0.2, 0) is 11.3 Å². The molecule has 0 unspecified atom stereocenters. The molecule has 1 fully saturated rings. The zero-order chi connectivity index (χ0) is 23.0. The summed E-state index contributed by atoms with van der Waals surface area (Å²) in [4.78, 5) is 23.8. The van der Waals surface area contributed by atoms with Crippen molar-refractivity contribution < 1.29 is 19.4 Å². The molecule has 1 aliphatic carbocycles. The monoisotopic (exact) mass is 443 g/mol. The number of ketones is 1. The lowest BCUT2D eigenvalue weighted by atomic mass is 9.84. The van der Waals surface area contributed by atoms with Crippen LogP contribution >= 0.6 is 0 Å². The van der Waals surface area contributed by atoms with E-state index in [1.54, 1.807) is 12.1 Å². The van der Waals surface area contributed by atoms with Gasteiger partial charge in [-0.3, -0.25) is 4.79 Å². The van der Waals surface area contributed by atoms with Crippen LogP contribution in [0, 0.1) is 0 Å². The van der Waals surface area contributed by atoms with E-state index in [1.165, 1.54) is 37.7 Å². The number of carbonyl (C=O) groups is 2. The highest BCUT2D eigenvalue weighted by molar-refractivity contribution is 6.08. The summed E-state index contributed by atoms with van der Waals surface area (Å²) in [5.41, 5.74) is 3.61. The topological polar surface area (TPSA) is 68.5 Å². The molecule has 33 heavy (non-hydrogen) atoms. The van der Waals surface area contributed by atoms with Gasteiger partial charge in [-0.15, -0.1) is 0 Å². The number of aromatic nitrogens is 1. The largest absolute Gasteiger partial charge is 0.482 e. The molecule has 1 N–H and O–H groups in total. The number of rotatable bonds is 9. The van der Waals surface area contributed by atoms with E-state index in [9.17, 15) is 9.59 Å². The fraction of sp³-hybridized carbons (Fsp3) is 0.286. The predicted octanol–water partition coefficient (Wildman–Crippen LogP) is 5.94. The molecule has 0 amide bonds. The summed E-state index contributed by atoms with van der Waals surface area (Å²) in [6, 6.07) is 19.1. The Morgan fingerprint density at radius 3 is 2.55 bits per heavy atom. The van der Waals surface area contributed by atoms with Crippen molar-refractivity contribution >= 4 is 17.8 Å². The molecule has 170 valence electrons. The lowest BCUT2D eigenvalue weighted by Crippen LogP contribution is -2.10. The van der Waals surface area contributed by atoms with E-state index >= 15 is 0 Å². The van der Waals surface area contributed by atoms with Crippen molar-refractivity contribution in [1.29, 1.82) is 0 Å². The van der Waals surface area contributed by atoms with Crippen LogP contribution in [0.15, 0.2) is 72.9 Å². The minimum Gasteiger partial charge on any atom is -0.482 e. The summed E-state index contributed by atoms with van der Waals surface area (Å²) < 4.78 is 7.15. The Hall–Kier alpha value is -3.60. The van der Waals surface area contributed by atoms with Gasteiger partial charge in [-0.1, -0.05) is 67.8 Å². The van der Waals surface area contributed by atoms with Crippen LogP contribution in [0.4, 0.5) is 0 Å². The van der Waals surface area contributed by atoms with Gasteiger partial charge in [0, 0.05) is 18.3 Å². The molecule has 0 radical (unpaired) electrons. The van der Waals surface area contributed by atoms with Gasteiger partial charge in [0.25, 0.3) is 0 Å². The van der Waals surface area contributed by atoms with Crippen molar-refractivity contribution in [3.8, 4) is 5.75 Å². The zero-order valence-corrected chi connectivity index (χ0v) is 18.7. The highest BCUT2D eigenvalue weighted by Crippen LogP contribution is 2.32. The van der Waals surface area contributed by atoms with E-state index in [0.29, 0.717) is 29.5 Å². The molecule has 1 aromatic heterocycles. The molecule has 1 aliphatic rings. The third-order valence-corrected chi connectivity index (χ3v) is 6.14. The van der Waals surface area contributed by atoms with Crippen LogP contribution in [0.5, 0.6) is 5.75 Å². The van der Waals surface area contributed by atoms with Gasteiger partial charge in [-0.2, -0.15) is 0 Å². The first kappa shape index (κ1) is 22.6. The third-order valence-electron chi connectivity index (χ3n) is 6.14. The quantitative estimate of drug-likeness (QED) is 0.415. The summed E-state index contributed by atoms with van der Waals surface area (Å²) in [7, 11) is 0. The first-order valence-corrected chi connectivity index (χ1v) is 11.5. The number of carboxylic acids is 1. The number of nitrogens with zero attached hydrogens (tertiary/aromatic N) is 1. The minimum atomic E-state index is -1.01. The molecule has 0 spiro atoms. The summed E-state index contributed by atoms with van der Waals surface area (Å²) in [6.45, 7) is 0.179. The number of aliphatic carboxylic acids is 1. The van der Waals surface area contributed by atoms with Gasteiger partial charge < -0.3 is 14.4 Å². The van der Waals surface area contributed by atoms with Crippen LogP contribution in [0.25, 0.3) is 6.08 Å². The third kappa shape index (κ3) is 6.01. The molecule has 5 nitrogen and oxygen atoms in total. The van der Waals surface area contributed by atoms with Crippen LogP contribution in [0.3, 0.4) is 0 Å². The lowest BCUT2D eigenvalue weighted by molar-refractivity contribution is -0.139. The van der Waals surface area contributed by atoms with Crippen molar-refractivity contribution in [2.45, 2.75) is 44.6 Å². The van der Waals surface area contributed by atoms with Gasteiger partial charge in [0.1, 0.15) is 5.75 Å². The number of carboxylic acid groups (broad SMARTS) is 1. The summed E-state index contributed by atoms with van der Waals surface area (Å²) in [5, 5.41) is 8.75. The molecule has 0 atom stereocenters. The van der Waals surface area contributed by atoms with Crippen LogP contribution in [-0.4, -0.2) is 28.0 Å². The van der Waals surface area contributed by atoms with E-state index in [2.05, 4.69) is 12.1 Å². The average Bonchev–Trinajstić information content (AvgIpc) is 3.32. The number of ether oxygens (including phenoxy) is 1. The zero-order valence-electron chi connectivity index (χ0n) is 18.7. The SMILES string of the molecule is O=C(O)COc1cccc(/C=C/Cn2cccc2C(=O)c2ccc(C3CCCCC3)cc2)c1. The maximum atomic E-state index is 13.1. The molecular formula is C28H29NO4. The first-order valence-electron chi connectivity index (χ1n) is 11.5. The van der Waals surface area contributed by atoms with E-state index in [1.807, 2.05) is 59.3 Å². The van der Waals surface area contributed by atoms with Gasteiger partial charge >= 0.3 is 5.97 Å². The van der Waals surface area contributed by atoms with Crippen molar-refractivity contribution in [1.82, 2.24) is 4.57 Å². The van der Waals surface area contributed by atoms with Crippen LogP contribution < -0.4 is 4.74 Å². The Bertz CT molecular complexity index is 1120. The van der Waals surface area contributed by atoms with E-state index < -0.39 is 5.97 Å². The maximum Gasteiger partial charge on any atom is 0.341 e. The van der Waals surface area contributed by atoms with E-state index in [-0.39, 0.29) is 12.4 Å². The standard InChI is InChI=1S/C28H29NO4/c30-27(31)20-33-25-11-4-7-21(19-25)8-5-17-29-18-6-12-26(29)28(32)24-15-13-23(14-16-24)22-9-2-1-3-10-22/h4-8,11-16,18-19,22H,1-3,9-10,17,20H2,(H,30,31)/b8-5+. The summed E-state index contributed by atoms with van der Waals surface area (Å²) in [6.07, 6.45) is 12.2. The normalized spacial score (nSPS) is 14.4. The Kier molecular flexibility index (Phi) is 7.40. The summed E-state index contributed by atoms with van der Waals surface area (Å²) >= 11 is 0. The second kappa shape index (κ2) is 10.8. The predicted molar refractivity (Wildman–Crippen MR) is 129 cm³/mol. The van der Waals surface area contributed by atoms with Crippen molar-refractivity contribution in [3.63, 3.8) is 0 Å². The molecule has 0 bridgehead atoms. The van der Waals surface area contributed by atoms with E-state index in [4.69, 9.17) is 9.84 Å². The molecule has 0 saturated heterocycles. The second-order valence-electron chi connectivity index (χ2n) is 8.49. The average molecular weight is 444 g/mol. The minimum absolute atomic E-state index is 0.0210. The van der Waals surface area contributed by atoms with Gasteiger partial charge in [0.05, 0.1) is 5.69 Å². The van der Waals surface area contributed by atoms with E-state index in [0.717, 1.165) is 5.56 Å². The molecule has 4 rings (SSSR count). The number of carbonyl (C=O) groups excluding carboxylic acids is 1. The second-order valence-corrected chi connectivity index (χ2v) is 8.49. The lowest BCUT2D eigenvalue weighted by Gasteiger charge is -2.22. The molecular weight excluding hydrogens is 414 g/mol. The van der Waals surface area contributed by atoms with Gasteiger partial charge in [-0.25, -0.2) is 4.79 Å². The fourth-order valence-corrected chi connectivity index (χ4v) is 4.43. The smallest absolute Gasteiger partial charge is 0.341 e. The number of hydrogen-bond acceptors (Lipinski definition) is 3. The molecule has 5 heteroatoms. The van der Waals surface area contributed by atoms with Crippen molar-refractivity contribution in [2.24, 2.45) is 0 Å². The molecule has 1 saturated carbocycles. The molecule has 3 aromatic rings. The number of benzene rings is 2. The number of allylic oxidation sites excluding steroid dienone is 1. The van der Waals surface area contributed by atoms with Crippen molar-refractivity contribution in [3.05, 3.63) is 95.3 Å². The molecule has 1 heterocycles. The van der Waals surface area contributed by atoms with Gasteiger partial charge in [0.2, 0.25) is 5.78 Å². The van der Waals surface area contributed by atoms with Gasteiger partial charge in [0.15, 0.2) is 6.61 Å². The van der Waals surface area contributed by atoms with Crippen LogP contribution in [0.1, 0.15) is 65.2 Å². The Balaban J connectivity index is 1.40. The fourth-order valence-electron chi connectivity index (χ4n) is 4.43. The Labute approximate surface area is 194 Å². The first-order chi connectivity index (χ1) is 16.1. The molecule has 2 aromatic carbocycles. The van der Waals surface area contributed by atoms with Crippen LogP contribution in [0.2, 0.25) is 0 Å². The maximum absolute atomic E-state index is 13.1. The molecule has 0 aliphatic heterocycles. The Morgan fingerprint density at radius 1 is 1.00 bits per heavy atom. The highest BCUT2D eigenvalue weighted by Gasteiger charge is 2.17. The Morgan fingerprint density at radius 2 is 1.79 bits per heavy atom. The van der Waals surface area contributed by atoms with Crippen molar-refractivity contribution in [2.75, 3.05) is 6.61 Å². The number of hydrogen-bond donors (Lipinski definition) is 1. The summed E-state index contributed by atoms with van der Waals surface area (Å²) in [5.74, 6) is 0.148.